The minimum absolute atomic E-state index is 0.229. The predicted octanol–water partition coefficient (Wildman–Crippen LogP) is 5.39. The van der Waals surface area contributed by atoms with Gasteiger partial charge in [0, 0.05) is 11.3 Å². The number of ether oxygens (including phenoxy) is 2. The second-order valence-corrected chi connectivity index (χ2v) is 5.65. The van der Waals surface area contributed by atoms with E-state index in [1.54, 1.807) is 49.6 Å². The van der Waals surface area contributed by atoms with E-state index in [4.69, 9.17) is 21.1 Å². The van der Waals surface area contributed by atoms with Gasteiger partial charge in [-0.2, -0.15) is 0 Å². The highest BCUT2D eigenvalue weighted by atomic mass is 35.5. The number of halogens is 1. The number of benzene rings is 3. The Bertz CT molecular complexity index is 864. The fourth-order valence-corrected chi connectivity index (χ4v) is 2.50. The number of carbonyl (C=O) groups is 1. The first kappa shape index (κ1) is 16.9. The van der Waals surface area contributed by atoms with E-state index in [1.807, 2.05) is 30.3 Å². The van der Waals surface area contributed by atoms with E-state index < -0.39 is 0 Å². The lowest BCUT2D eigenvalue weighted by molar-refractivity contribution is 0.102. The first-order chi connectivity index (χ1) is 12.2. The molecule has 0 aliphatic carbocycles. The third-order valence-corrected chi connectivity index (χ3v) is 3.80. The third-order valence-electron chi connectivity index (χ3n) is 3.51. The van der Waals surface area contributed by atoms with E-state index >= 15 is 0 Å². The van der Waals surface area contributed by atoms with Gasteiger partial charge in [0.1, 0.15) is 17.2 Å². The molecular weight excluding hydrogens is 338 g/mol. The lowest BCUT2D eigenvalue weighted by atomic mass is 10.2. The first-order valence-electron chi connectivity index (χ1n) is 7.63. The van der Waals surface area contributed by atoms with Crippen molar-refractivity contribution in [3.63, 3.8) is 0 Å². The fourth-order valence-electron chi connectivity index (χ4n) is 2.25. The normalized spacial score (nSPS) is 10.2. The van der Waals surface area contributed by atoms with Crippen molar-refractivity contribution in [2.45, 2.75) is 0 Å². The molecule has 126 valence electrons. The van der Waals surface area contributed by atoms with Crippen LogP contribution < -0.4 is 14.8 Å². The molecular formula is C20H16ClNO3. The summed E-state index contributed by atoms with van der Waals surface area (Å²) in [4.78, 5) is 12.3. The van der Waals surface area contributed by atoms with Gasteiger partial charge in [-0.05, 0) is 54.6 Å². The number of rotatable bonds is 5. The molecule has 0 heterocycles. The van der Waals surface area contributed by atoms with Crippen LogP contribution in [0.25, 0.3) is 0 Å². The van der Waals surface area contributed by atoms with E-state index in [0.717, 1.165) is 5.75 Å². The Morgan fingerprint density at radius 3 is 2.24 bits per heavy atom. The Hall–Kier alpha value is -2.98. The zero-order valence-electron chi connectivity index (χ0n) is 13.5. The molecule has 0 fully saturated rings. The van der Waals surface area contributed by atoms with Gasteiger partial charge in [0.25, 0.3) is 5.91 Å². The standard InChI is InChI=1S/C20H16ClNO3/c1-24-19-12-9-15(13-18(19)21)22-20(23)14-7-10-17(11-8-14)25-16-5-3-2-4-6-16/h2-13H,1H3,(H,22,23). The second-order valence-electron chi connectivity index (χ2n) is 5.24. The van der Waals surface area contributed by atoms with Crippen molar-refractivity contribution >= 4 is 23.2 Å². The first-order valence-corrected chi connectivity index (χ1v) is 8.01. The molecule has 0 atom stereocenters. The van der Waals surface area contributed by atoms with Crippen molar-refractivity contribution in [3.05, 3.63) is 83.4 Å². The van der Waals surface area contributed by atoms with Crippen molar-refractivity contribution in [3.8, 4) is 17.2 Å². The smallest absolute Gasteiger partial charge is 0.255 e. The van der Waals surface area contributed by atoms with Crippen molar-refractivity contribution in [1.82, 2.24) is 0 Å². The van der Waals surface area contributed by atoms with E-state index in [2.05, 4.69) is 5.32 Å². The lowest BCUT2D eigenvalue weighted by Gasteiger charge is -2.09. The molecule has 0 aliphatic rings. The van der Waals surface area contributed by atoms with Gasteiger partial charge < -0.3 is 14.8 Å². The summed E-state index contributed by atoms with van der Waals surface area (Å²) in [7, 11) is 1.54. The zero-order valence-corrected chi connectivity index (χ0v) is 14.3. The number of nitrogens with one attached hydrogen (secondary N) is 1. The van der Waals surface area contributed by atoms with Crippen molar-refractivity contribution in [1.29, 1.82) is 0 Å². The number of methoxy groups -OCH3 is 1. The highest BCUT2D eigenvalue weighted by Crippen LogP contribution is 2.27. The highest BCUT2D eigenvalue weighted by Gasteiger charge is 2.08. The maximum Gasteiger partial charge on any atom is 0.255 e. The molecule has 0 aliphatic heterocycles. The summed E-state index contributed by atoms with van der Waals surface area (Å²) in [6.45, 7) is 0. The van der Waals surface area contributed by atoms with Gasteiger partial charge >= 0.3 is 0 Å². The molecule has 0 unspecified atom stereocenters. The van der Waals surface area contributed by atoms with Gasteiger partial charge in [-0.1, -0.05) is 29.8 Å². The Balaban J connectivity index is 1.67. The summed E-state index contributed by atoms with van der Waals surface area (Å²) in [5.41, 5.74) is 1.12. The van der Waals surface area contributed by atoms with E-state index in [9.17, 15) is 4.79 Å². The molecule has 3 aromatic carbocycles. The van der Waals surface area contributed by atoms with Crippen LogP contribution in [0.2, 0.25) is 5.02 Å². The maximum absolute atomic E-state index is 12.3. The van der Waals surface area contributed by atoms with Crippen LogP contribution in [0.4, 0.5) is 5.69 Å². The lowest BCUT2D eigenvalue weighted by Crippen LogP contribution is -2.11. The minimum Gasteiger partial charge on any atom is -0.495 e. The number of amides is 1. The molecule has 0 bridgehead atoms. The SMILES string of the molecule is COc1ccc(NC(=O)c2ccc(Oc3ccccc3)cc2)cc1Cl. The molecule has 4 nitrogen and oxygen atoms in total. The average molecular weight is 354 g/mol. The number of para-hydroxylation sites is 1. The minimum atomic E-state index is -0.229. The molecule has 0 radical (unpaired) electrons. The molecule has 0 aromatic heterocycles. The van der Waals surface area contributed by atoms with Crippen LogP contribution in [0.15, 0.2) is 72.8 Å². The van der Waals surface area contributed by atoms with Gasteiger partial charge in [0.15, 0.2) is 0 Å². The zero-order chi connectivity index (χ0) is 17.6. The Labute approximate surface area is 151 Å². The Morgan fingerprint density at radius 2 is 1.60 bits per heavy atom. The molecule has 1 amide bonds. The third kappa shape index (κ3) is 4.31. The summed E-state index contributed by atoms with van der Waals surface area (Å²) < 4.78 is 10.8. The van der Waals surface area contributed by atoms with Gasteiger partial charge in [0.05, 0.1) is 12.1 Å². The molecule has 0 spiro atoms. The van der Waals surface area contributed by atoms with Gasteiger partial charge in [-0.25, -0.2) is 0 Å². The van der Waals surface area contributed by atoms with Crippen molar-refractivity contribution in [2.24, 2.45) is 0 Å². The van der Waals surface area contributed by atoms with E-state index in [-0.39, 0.29) is 5.91 Å². The second kappa shape index (κ2) is 7.73. The largest absolute Gasteiger partial charge is 0.495 e. The molecule has 0 saturated carbocycles. The summed E-state index contributed by atoms with van der Waals surface area (Å²) in [5.74, 6) is 1.73. The topological polar surface area (TPSA) is 47.6 Å². The molecule has 0 saturated heterocycles. The van der Waals surface area contributed by atoms with Crippen LogP contribution in [-0.2, 0) is 0 Å². The van der Waals surface area contributed by atoms with Crippen LogP contribution in [0.5, 0.6) is 17.2 Å². The van der Waals surface area contributed by atoms with Crippen LogP contribution in [-0.4, -0.2) is 13.0 Å². The quantitative estimate of drug-likeness (QED) is 0.668. The van der Waals surface area contributed by atoms with Crippen molar-refractivity contribution < 1.29 is 14.3 Å². The summed E-state index contributed by atoms with van der Waals surface area (Å²) in [5, 5.41) is 3.24. The van der Waals surface area contributed by atoms with Crippen LogP contribution in [0, 0.1) is 0 Å². The molecule has 1 N–H and O–H groups in total. The number of hydrogen-bond donors (Lipinski definition) is 1. The highest BCUT2D eigenvalue weighted by molar-refractivity contribution is 6.32. The Morgan fingerprint density at radius 1 is 0.920 bits per heavy atom. The Kier molecular flexibility index (Phi) is 5.21. The summed E-state index contributed by atoms with van der Waals surface area (Å²) >= 11 is 6.06. The van der Waals surface area contributed by atoms with E-state index in [0.29, 0.717) is 27.8 Å². The van der Waals surface area contributed by atoms with Crippen molar-refractivity contribution in [2.75, 3.05) is 12.4 Å². The number of anilines is 1. The van der Waals surface area contributed by atoms with Crippen LogP contribution in [0.3, 0.4) is 0 Å². The van der Waals surface area contributed by atoms with Gasteiger partial charge in [0.2, 0.25) is 0 Å². The number of hydrogen-bond acceptors (Lipinski definition) is 3. The summed E-state index contributed by atoms with van der Waals surface area (Å²) in [6, 6.07) is 21.5. The van der Waals surface area contributed by atoms with E-state index in [1.165, 1.54) is 0 Å². The fraction of sp³-hybridized carbons (Fsp3) is 0.0500. The molecule has 25 heavy (non-hydrogen) atoms. The monoisotopic (exact) mass is 353 g/mol. The maximum atomic E-state index is 12.3. The van der Waals surface area contributed by atoms with Crippen LogP contribution >= 0.6 is 11.6 Å². The number of carbonyl (C=O) groups excluding carboxylic acids is 1. The predicted molar refractivity (Wildman–Crippen MR) is 98.9 cm³/mol. The van der Waals surface area contributed by atoms with Crippen LogP contribution in [0.1, 0.15) is 10.4 Å². The van der Waals surface area contributed by atoms with Gasteiger partial charge in [-0.15, -0.1) is 0 Å². The van der Waals surface area contributed by atoms with Gasteiger partial charge in [-0.3, -0.25) is 4.79 Å². The average Bonchev–Trinajstić information content (AvgIpc) is 2.63. The molecule has 3 aromatic rings. The molecule has 5 heteroatoms. The summed E-state index contributed by atoms with van der Waals surface area (Å²) in [6.07, 6.45) is 0. The molecule has 3 rings (SSSR count).